The molecule has 1 aromatic heterocycles. The number of anilines is 1. The molecule has 0 saturated heterocycles. The van der Waals surface area contributed by atoms with Gasteiger partial charge in [0.25, 0.3) is 5.91 Å². The normalized spacial score (nSPS) is 17.8. The molecule has 2 atom stereocenters. The summed E-state index contributed by atoms with van der Waals surface area (Å²) < 4.78 is 16.7. The maximum atomic E-state index is 14.2. The van der Waals surface area contributed by atoms with Gasteiger partial charge in [0.15, 0.2) is 11.5 Å². The van der Waals surface area contributed by atoms with Crippen LogP contribution >= 0.6 is 11.3 Å². The Hall–Kier alpha value is -3.85. The van der Waals surface area contributed by atoms with E-state index in [0.29, 0.717) is 22.7 Å². The first-order valence-corrected chi connectivity index (χ1v) is 13.7. The number of methoxy groups -OCH3 is 1. The molecule has 0 radical (unpaired) electrons. The van der Waals surface area contributed by atoms with E-state index >= 15 is 0 Å². The Kier molecular flexibility index (Phi) is 7.93. The van der Waals surface area contributed by atoms with Gasteiger partial charge in [0.05, 0.1) is 12.7 Å². The Morgan fingerprint density at radius 1 is 0.974 bits per heavy atom. The Labute approximate surface area is 225 Å². The number of carbonyl (C=O) groups excluding carboxylic acids is 3. The lowest BCUT2D eigenvalue weighted by atomic mass is 9.95. The number of ether oxygens (including phenoxy) is 3. The molecule has 1 saturated carbocycles. The van der Waals surface area contributed by atoms with Crippen LogP contribution in [0.3, 0.4) is 0 Å². The number of amides is 2. The average Bonchev–Trinajstić information content (AvgIpc) is 3.50. The third kappa shape index (κ3) is 5.52. The molecule has 3 aromatic rings. The molecule has 0 bridgehead atoms. The van der Waals surface area contributed by atoms with Crippen LogP contribution in [0.1, 0.15) is 53.4 Å². The molecule has 2 heterocycles. The number of esters is 1. The SMILES string of the molecule is COC(=O)c1ccc(N(C(=O)C2COc3ccccc3O2)C(C(=O)NC2CCCCC2)c2cccs2)cc1. The van der Waals surface area contributed by atoms with Gasteiger partial charge in [0.2, 0.25) is 12.0 Å². The van der Waals surface area contributed by atoms with Crippen molar-refractivity contribution in [3.63, 3.8) is 0 Å². The Morgan fingerprint density at radius 2 is 1.71 bits per heavy atom. The highest BCUT2D eigenvalue weighted by Crippen LogP contribution is 2.35. The zero-order chi connectivity index (χ0) is 26.5. The zero-order valence-electron chi connectivity index (χ0n) is 21.1. The number of nitrogens with one attached hydrogen (secondary N) is 1. The minimum Gasteiger partial charge on any atom is -0.485 e. The summed E-state index contributed by atoms with van der Waals surface area (Å²) in [4.78, 5) is 42.3. The van der Waals surface area contributed by atoms with E-state index in [0.717, 1.165) is 30.6 Å². The van der Waals surface area contributed by atoms with Crippen molar-refractivity contribution in [1.29, 1.82) is 0 Å². The molecule has 1 fully saturated rings. The molecule has 2 unspecified atom stereocenters. The van der Waals surface area contributed by atoms with Gasteiger partial charge in [0, 0.05) is 16.6 Å². The summed E-state index contributed by atoms with van der Waals surface area (Å²) in [5.74, 6) is -0.114. The minimum absolute atomic E-state index is 0.00793. The molecule has 1 aliphatic carbocycles. The Balaban J connectivity index is 1.52. The minimum atomic E-state index is -0.963. The number of hydrogen-bond donors (Lipinski definition) is 1. The smallest absolute Gasteiger partial charge is 0.337 e. The third-order valence-electron chi connectivity index (χ3n) is 6.86. The molecule has 2 aliphatic rings. The number of carbonyl (C=O) groups is 3. The average molecular weight is 535 g/mol. The van der Waals surface area contributed by atoms with Gasteiger partial charge in [-0.2, -0.15) is 0 Å². The van der Waals surface area contributed by atoms with Gasteiger partial charge >= 0.3 is 5.97 Å². The second kappa shape index (κ2) is 11.7. The standard InChI is InChI=1S/C29H30N2O6S/c1-35-29(34)19-13-15-21(16-14-19)31(28(33)24-18-36-22-10-5-6-11-23(22)37-24)26(25-12-7-17-38-25)27(32)30-20-8-3-2-4-9-20/h5-7,10-17,20,24,26H,2-4,8-9,18H2,1H3,(H,30,32). The van der Waals surface area contributed by atoms with E-state index in [4.69, 9.17) is 14.2 Å². The van der Waals surface area contributed by atoms with Crippen molar-refractivity contribution < 1.29 is 28.6 Å². The first-order valence-electron chi connectivity index (χ1n) is 12.8. The quantitative estimate of drug-likeness (QED) is 0.434. The van der Waals surface area contributed by atoms with Crippen molar-refractivity contribution in [2.24, 2.45) is 0 Å². The van der Waals surface area contributed by atoms with Gasteiger partial charge in [-0.15, -0.1) is 11.3 Å². The topological polar surface area (TPSA) is 94.2 Å². The third-order valence-corrected chi connectivity index (χ3v) is 7.78. The lowest BCUT2D eigenvalue weighted by Crippen LogP contribution is -2.52. The molecule has 1 aliphatic heterocycles. The molecule has 8 nitrogen and oxygen atoms in total. The number of fused-ring (bicyclic) bond motifs is 1. The Bertz CT molecular complexity index is 1270. The van der Waals surface area contributed by atoms with Gasteiger partial charge in [-0.3, -0.25) is 14.5 Å². The van der Waals surface area contributed by atoms with Crippen LogP contribution in [0.2, 0.25) is 0 Å². The van der Waals surface area contributed by atoms with Crippen LogP contribution in [-0.2, 0) is 14.3 Å². The Morgan fingerprint density at radius 3 is 2.39 bits per heavy atom. The van der Waals surface area contributed by atoms with Crippen LogP contribution < -0.4 is 19.7 Å². The van der Waals surface area contributed by atoms with Crippen LogP contribution in [0.5, 0.6) is 11.5 Å². The number of hydrogen-bond acceptors (Lipinski definition) is 7. The summed E-state index contributed by atoms with van der Waals surface area (Å²) in [5, 5.41) is 5.08. The second-order valence-electron chi connectivity index (χ2n) is 9.37. The summed E-state index contributed by atoms with van der Waals surface area (Å²) in [6, 6.07) is 16.5. The maximum Gasteiger partial charge on any atom is 0.337 e. The number of para-hydroxylation sites is 2. The summed E-state index contributed by atoms with van der Waals surface area (Å²) in [7, 11) is 1.31. The first kappa shape index (κ1) is 25.8. The van der Waals surface area contributed by atoms with E-state index in [1.54, 1.807) is 36.4 Å². The van der Waals surface area contributed by atoms with Gasteiger partial charge in [0.1, 0.15) is 12.6 Å². The fraction of sp³-hybridized carbons (Fsp3) is 0.345. The van der Waals surface area contributed by atoms with Gasteiger partial charge < -0.3 is 19.5 Å². The number of thiophene rings is 1. The van der Waals surface area contributed by atoms with E-state index in [-0.39, 0.29) is 18.6 Å². The molecule has 0 spiro atoms. The largest absolute Gasteiger partial charge is 0.485 e. The highest BCUT2D eigenvalue weighted by atomic mass is 32.1. The molecule has 1 N–H and O–H groups in total. The number of nitrogens with zero attached hydrogens (tertiary/aromatic N) is 1. The van der Waals surface area contributed by atoms with E-state index in [1.165, 1.54) is 29.8 Å². The highest BCUT2D eigenvalue weighted by Gasteiger charge is 2.40. The van der Waals surface area contributed by atoms with Crippen molar-refractivity contribution in [3.05, 3.63) is 76.5 Å². The van der Waals surface area contributed by atoms with E-state index < -0.39 is 24.0 Å². The summed E-state index contributed by atoms with van der Waals surface area (Å²) in [5.41, 5.74) is 0.802. The maximum absolute atomic E-state index is 14.2. The highest BCUT2D eigenvalue weighted by molar-refractivity contribution is 7.10. The lowest BCUT2D eigenvalue weighted by molar-refractivity contribution is -0.132. The van der Waals surface area contributed by atoms with Crippen molar-refractivity contribution >= 4 is 34.8 Å². The van der Waals surface area contributed by atoms with Crippen LogP contribution in [0.25, 0.3) is 0 Å². The number of benzene rings is 2. The zero-order valence-corrected chi connectivity index (χ0v) is 21.9. The van der Waals surface area contributed by atoms with Gasteiger partial charge in [-0.1, -0.05) is 37.5 Å². The lowest BCUT2D eigenvalue weighted by Gasteiger charge is -2.35. The molecule has 38 heavy (non-hydrogen) atoms. The molecular formula is C29H30N2O6S. The molecule has 2 amide bonds. The van der Waals surface area contributed by atoms with Crippen LogP contribution in [0.15, 0.2) is 66.0 Å². The molecular weight excluding hydrogens is 504 g/mol. The van der Waals surface area contributed by atoms with Crippen LogP contribution in [-0.4, -0.2) is 43.6 Å². The first-order chi connectivity index (χ1) is 18.5. The summed E-state index contributed by atoms with van der Waals surface area (Å²) in [6.07, 6.45) is 4.17. The fourth-order valence-corrected chi connectivity index (χ4v) is 5.74. The molecule has 198 valence electrons. The van der Waals surface area contributed by atoms with E-state index in [1.807, 2.05) is 29.6 Å². The molecule has 2 aromatic carbocycles. The van der Waals surface area contributed by atoms with E-state index in [9.17, 15) is 14.4 Å². The van der Waals surface area contributed by atoms with Crippen LogP contribution in [0, 0.1) is 0 Å². The fourth-order valence-electron chi connectivity index (χ4n) is 4.92. The van der Waals surface area contributed by atoms with Gasteiger partial charge in [-0.05, 0) is 60.7 Å². The van der Waals surface area contributed by atoms with Crippen molar-refractivity contribution in [2.75, 3.05) is 18.6 Å². The predicted molar refractivity (Wildman–Crippen MR) is 144 cm³/mol. The van der Waals surface area contributed by atoms with E-state index in [2.05, 4.69) is 5.32 Å². The molecule has 5 rings (SSSR count). The van der Waals surface area contributed by atoms with Crippen molar-refractivity contribution in [1.82, 2.24) is 5.32 Å². The van der Waals surface area contributed by atoms with Crippen molar-refractivity contribution in [3.8, 4) is 11.5 Å². The monoisotopic (exact) mass is 534 g/mol. The number of rotatable bonds is 7. The van der Waals surface area contributed by atoms with Crippen LogP contribution in [0.4, 0.5) is 5.69 Å². The van der Waals surface area contributed by atoms with Gasteiger partial charge in [-0.25, -0.2) is 4.79 Å². The molecule has 9 heteroatoms. The van der Waals surface area contributed by atoms with Crippen molar-refractivity contribution in [2.45, 2.75) is 50.3 Å². The summed E-state index contributed by atoms with van der Waals surface area (Å²) in [6.45, 7) is 0.00793. The summed E-state index contributed by atoms with van der Waals surface area (Å²) >= 11 is 1.41. The second-order valence-corrected chi connectivity index (χ2v) is 10.4. The predicted octanol–water partition coefficient (Wildman–Crippen LogP) is 4.90.